The van der Waals surface area contributed by atoms with Gasteiger partial charge in [0.1, 0.15) is 6.04 Å². The summed E-state index contributed by atoms with van der Waals surface area (Å²) in [6, 6.07) is 5.81. The van der Waals surface area contributed by atoms with Crippen molar-refractivity contribution in [1.82, 2.24) is 10.0 Å². The predicted molar refractivity (Wildman–Crippen MR) is 87.0 cm³/mol. The fourth-order valence-corrected chi connectivity index (χ4v) is 3.45. The predicted octanol–water partition coefficient (Wildman–Crippen LogP) is 1.53. The molecule has 0 unspecified atom stereocenters. The second-order valence-electron chi connectivity index (χ2n) is 4.66. The van der Waals surface area contributed by atoms with Crippen LogP contribution in [0.5, 0.6) is 0 Å². The van der Waals surface area contributed by atoms with E-state index >= 15 is 0 Å². The number of likely N-dealkylation sites (N-methyl/N-ethyl adjacent to an activating group) is 1. The molecule has 0 spiro atoms. The summed E-state index contributed by atoms with van der Waals surface area (Å²) in [6.07, 6.45) is 2.38. The maximum Gasteiger partial charge on any atom is 0.241 e. The third kappa shape index (κ3) is 5.68. The molecule has 0 radical (unpaired) electrons. The molecule has 1 aromatic carbocycles. The number of benzene rings is 1. The average molecular weight is 330 g/mol. The minimum absolute atomic E-state index is 0.173. The average Bonchev–Trinajstić information content (AvgIpc) is 2.44. The number of hydrogen-bond acceptors (Lipinski definition) is 4. The van der Waals surface area contributed by atoms with Crippen molar-refractivity contribution in [2.45, 2.75) is 31.2 Å². The molecule has 1 atom stereocenters. The third-order valence-corrected chi connectivity index (χ3v) is 5.04. The van der Waals surface area contributed by atoms with Gasteiger partial charge in [-0.15, -0.1) is 0 Å². The van der Waals surface area contributed by atoms with Gasteiger partial charge in [-0.05, 0) is 44.4 Å². The molecule has 2 N–H and O–H groups in total. The van der Waals surface area contributed by atoms with Crippen LogP contribution in [0, 0.1) is 6.92 Å². The van der Waals surface area contributed by atoms with Crippen molar-refractivity contribution in [3.05, 3.63) is 29.8 Å². The van der Waals surface area contributed by atoms with Crippen LogP contribution >= 0.6 is 11.8 Å². The van der Waals surface area contributed by atoms with Crippen molar-refractivity contribution >= 4 is 27.7 Å². The molecule has 0 aliphatic carbocycles. The second-order valence-corrected chi connectivity index (χ2v) is 7.36. The van der Waals surface area contributed by atoms with E-state index < -0.39 is 16.1 Å². The van der Waals surface area contributed by atoms with Crippen molar-refractivity contribution in [2.75, 3.05) is 18.6 Å². The van der Waals surface area contributed by atoms with Crippen LogP contribution in [0.2, 0.25) is 0 Å². The molecule has 0 saturated heterocycles. The summed E-state index contributed by atoms with van der Waals surface area (Å²) in [5.74, 6) is 0.417. The first-order valence-corrected chi connectivity index (χ1v) is 9.64. The van der Waals surface area contributed by atoms with Crippen molar-refractivity contribution in [3.63, 3.8) is 0 Å². The first-order chi connectivity index (χ1) is 9.90. The molecule has 1 amide bonds. The number of hydrogen-bond donors (Lipinski definition) is 2. The molecule has 0 aliphatic rings. The Morgan fingerprint density at radius 3 is 2.43 bits per heavy atom. The summed E-state index contributed by atoms with van der Waals surface area (Å²) >= 11 is 1.57. The van der Waals surface area contributed by atoms with Crippen LogP contribution in [0.15, 0.2) is 29.2 Å². The molecular weight excluding hydrogens is 308 g/mol. The molecule has 5 nitrogen and oxygen atoms in total. The van der Waals surface area contributed by atoms with Gasteiger partial charge in [-0.25, -0.2) is 8.42 Å². The Morgan fingerprint density at radius 2 is 1.90 bits per heavy atom. The van der Waals surface area contributed by atoms with Crippen molar-refractivity contribution in [2.24, 2.45) is 0 Å². The number of carbonyl (C=O) groups is 1. The monoisotopic (exact) mass is 330 g/mol. The molecule has 1 aromatic rings. The van der Waals surface area contributed by atoms with E-state index in [1.807, 2.05) is 13.2 Å². The molecule has 0 fully saturated rings. The Morgan fingerprint density at radius 1 is 1.29 bits per heavy atom. The Labute approximate surface area is 130 Å². The van der Waals surface area contributed by atoms with Gasteiger partial charge < -0.3 is 5.32 Å². The minimum Gasteiger partial charge on any atom is -0.355 e. The van der Waals surface area contributed by atoms with E-state index in [0.717, 1.165) is 5.56 Å². The number of thioether (sulfide) groups is 1. The van der Waals surface area contributed by atoms with Crippen LogP contribution in [-0.2, 0) is 14.8 Å². The third-order valence-electron chi connectivity index (χ3n) is 2.91. The quantitative estimate of drug-likeness (QED) is 0.758. The van der Waals surface area contributed by atoms with Crippen LogP contribution in [0.25, 0.3) is 0 Å². The van der Waals surface area contributed by atoms with E-state index in [4.69, 9.17) is 0 Å². The van der Waals surface area contributed by atoms with Gasteiger partial charge in [-0.3, -0.25) is 4.79 Å². The molecule has 0 heterocycles. The summed E-state index contributed by atoms with van der Waals surface area (Å²) in [6.45, 7) is 4.17. The van der Waals surface area contributed by atoms with Gasteiger partial charge in [0.25, 0.3) is 0 Å². The normalized spacial score (nSPS) is 12.9. The maximum atomic E-state index is 12.3. The first kappa shape index (κ1) is 18.0. The molecule has 0 aliphatic heterocycles. The van der Waals surface area contributed by atoms with Crippen LogP contribution in [0.1, 0.15) is 18.9 Å². The Kier molecular flexibility index (Phi) is 7.21. The lowest BCUT2D eigenvalue weighted by molar-refractivity contribution is -0.122. The first-order valence-electron chi connectivity index (χ1n) is 6.76. The van der Waals surface area contributed by atoms with Crippen molar-refractivity contribution < 1.29 is 13.2 Å². The Bertz CT molecular complexity index is 556. The van der Waals surface area contributed by atoms with E-state index in [9.17, 15) is 13.2 Å². The van der Waals surface area contributed by atoms with Crippen molar-refractivity contribution in [1.29, 1.82) is 0 Å². The molecule has 118 valence electrons. The smallest absolute Gasteiger partial charge is 0.241 e. The van der Waals surface area contributed by atoms with Gasteiger partial charge in [0.15, 0.2) is 0 Å². The summed E-state index contributed by atoms with van der Waals surface area (Å²) in [5.41, 5.74) is 0.983. The fourth-order valence-electron chi connectivity index (χ4n) is 1.75. The van der Waals surface area contributed by atoms with Crippen LogP contribution in [0.4, 0.5) is 0 Å². The summed E-state index contributed by atoms with van der Waals surface area (Å²) < 4.78 is 27.2. The lowest BCUT2D eigenvalue weighted by atomic mass is 10.2. The zero-order valence-corrected chi connectivity index (χ0v) is 14.2. The van der Waals surface area contributed by atoms with Crippen LogP contribution in [-0.4, -0.2) is 38.9 Å². The number of amides is 1. The highest BCUT2D eigenvalue weighted by molar-refractivity contribution is 7.98. The van der Waals surface area contributed by atoms with Gasteiger partial charge >= 0.3 is 0 Å². The van der Waals surface area contributed by atoms with Gasteiger partial charge in [-0.2, -0.15) is 16.5 Å². The second kappa shape index (κ2) is 8.41. The zero-order chi connectivity index (χ0) is 15.9. The fraction of sp³-hybridized carbons (Fsp3) is 0.500. The van der Waals surface area contributed by atoms with Gasteiger partial charge in [0, 0.05) is 6.54 Å². The largest absolute Gasteiger partial charge is 0.355 e. The molecule has 0 aromatic heterocycles. The summed E-state index contributed by atoms with van der Waals surface area (Å²) in [7, 11) is -3.69. The SMILES string of the molecule is CCNC(=O)[C@@H](CCSC)NS(=O)(=O)c1ccc(C)cc1. The minimum atomic E-state index is -3.69. The Hall–Kier alpha value is -1.05. The Balaban J connectivity index is 2.89. The topological polar surface area (TPSA) is 75.3 Å². The summed E-state index contributed by atoms with van der Waals surface area (Å²) in [4.78, 5) is 12.1. The summed E-state index contributed by atoms with van der Waals surface area (Å²) in [5, 5.41) is 2.66. The van der Waals surface area contributed by atoms with Crippen LogP contribution < -0.4 is 10.0 Å². The van der Waals surface area contributed by atoms with E-state index in [-0.39, 0.29) is 10.8 Å². The molecule has 7 heteroatoms. The highest BCUT2D eigenvalue weighted by Gasteiger charge is 2.24. The molecule has 0 bridgehead atoms. The highest BCUT2D eigenvalue weighted by atomic mass is 32.2. The molecule has 0 saturated carbocycles. The zero-order valence-electron chi connectivity index (χ0n) is 12.5. The molecule has 1 rings (SSSR count). The maximum absolute atomic E-state index is 12.3. The molecular formula is C14H22N2O3S2. The number of sulfonamides is 1. The van der Waals surface area contributed by atoms with E-state index in [1.54, 1.807) is 43.0 Å². The lowest BCUT2D eigenvalue weighted by Gasteiger charge is -2.17. The highest BCUT2D eigenvalue weighted by Crippen LogP contribution is 2.12. The number of nitrogens with one attached hydrogen (secondary N) is 2. The number of carbonyl (C=O) groups excluding carboxylic acids is 1. The van der Waals surface area contributed by atoms with Gasteiger partial charge in [0.2, 0.25) is 15.9 Å². The van der Waals surface area contributed by atoms with E-state index in [0.29, 0.717) is 18.7 Å². The lowest BCUT2D eigenvalue weighted by Crippen LogP contribution is -2.46. The standard InChI is InChI=1S/C14H22N2O3S2/c1-4-15-14(17)13(9-10-20-3)16-21(18,19)12-7-5-11(2)6-8-12/h5-8,13,16H,4,9-10H2,1-3H3,(H,15,17)/t13-/m1/s1. The number of rotatable bonds is 8. The van der Waals surface area contributed by atoms with Crippen LogP contribution in [0.3, 0.4) is 0 Å². The van der Waals surface area contributed by atoms with Crippen molar-refractivity contribution in [3.8, 4) is 0 Å². The van der Waals surface area contributed by atoms with Gasteiger partial charge in [0.05, 0.1) is 4.90 Å². The number of aryl methyl sites for hydroxylation is 1. The van der Waals surface area contributed by atoms with E-state index in [1.165, 1.54) is 0 Å². The molecule has 21 heavy (non-hydrogen) atoms. The van der Waals surface area contributed by atoms with Gasteiger partial charge in [-0.1, -0.05) is 17.7 Å². The van der Waals surface area contributed by atoms with E-state index in [2.05, 4.69) is 10.0 Å².